The number of hydrogen-bond donors (Lipinski definition) is 1. The van der Waals surface area contributed by atoms with Gasteiger partial charge in [-0.2, -0.15) is 0 Å². The van der Waals surface area contributed by atoms with Crippen LogP contribution in [0, 0.1) is 17.6 Å². The minimum atomic E-state index is -0.770. The third kappa shape index (κ3) is 4.48. The van der Waals surface area contributed by atoms with Gasteiger partial charge >= 0.3 is 0 Å². The SMILES string of the molecule is CNC(CN(CCC(C)C)C1CC1)c1cccc(F)c1F. The lowest BCUT2D eigenvalue weighted by atomic mass is 10.0. The predicted molar refractivity (Wildman–Crippen MR) is 82.2 cm³/mol. The van der Waals surface area contributed by atoms with Crippen LogP contribution in [0.3, 0.4) is 0 Å². The average Bonchev–Trinajstić information content (AvgIpc) is 3.27. The van der Waals surface area contributed by atoms with E-state index in [-0.39, 0.29) is 6.04 Å². The summed E-state index contributed by atoms with van der Waals surface area (Å²) in [4.78, 5) is 2.42. The second-order valence-electron chi connectivity index (χ2n) is 6.39. The molecular formula is C17H26F2N2. The van der Waals surface area contributed by atoms with E-state index < -0.39 is 11.6 Å². The maximum atomic E-state index is 14.0. The molecule has 1 unspecified atom stereocenters. The Balaban J connectivity index is 2.07. The summed E-state index contributed by atoms with van der Waals surface area (Å²) in [5, 5.41) is 3.14. The molecule has 118 valence electrons. The Hall–Kier alpha value is -1.00. The van der Waals surface area contributed by atoms with Crippen LogP contribution in [-0.4, -0.2) is 31.1 Å². The van der Waals surface area contributed by atoms with Gasteiger partial charge in [-0.05, 0) is 44.8 Å². The van der Waals surface area contributed by atoms with Gasteiger partial charge in [0.05, 0.1) is 0 Å². The zero-order valence-electron chi connectivity index (χ0n) is 13.2. The van der Waals surface area contributed by atoms with Crippen LogP contribution in [0.15, 0.2) is 18.2 Å². The molecule has 0 spiro atoms. The van der Waals surface area contributed by atoms with Crippen LogP contribution in [0.4, 0.5) is 8.78 Å². The smallest absolute Gasteiger partial charge is 0.163 e. The predicted octanol–water partition coefficient (Wildman–Crippen LogP) is 3.74. The van der Waals surface area contributed by atoms with Gasteiger partial charge in [0.2, 0.25) is 0 Å². The van der Waals surface area contributed by atoms with Crippen molar-refractivity contribution in [2.24, 2.45) is 5.92 Å². The van der Waals surface area contributed by atoms with Gasteiger partial charge in [-0.15, -0.1) is 0 Å². The van der Waals surface area contributed by atoms with Crippen LogP contribution in [0.1, 0.15) is 44.7 Å². The van der Waals surface area contributed by atoms with E-state index in [1.165, 1.54) is 18.9 Å². The maximum Gasteiger partial charge on any atom is 0.163 e. The van der Waals surface area contributed by atoms with Gasteiger partial charge < -0.3 is 5.32 Å². The van der Waals surface area contributed by atoms with E-state index in [9.17, 15) is 8.78 Å². The number of halogens is 2. The molecule has 0 aromatic heterocycles. The van der Waals surface area contributed by atoms with E-state index in [1.54, 1.807) is 12.1 Å². The molecule has 1 aliphatic carbocycles. The average molecular weight is 296 g/mol. The molecule has 2 rings (SSSR count). The van der Waals surface area contributed by atoms with Gasteiger partial charge in [0.1, 0.15) is 0 Å². The molecule has 0 radical (unpaired) electrons. The monoisotopic (exact) mass is 296 g/mol. The van der Waals surface area contributed by atoms with E-state index in [1.807, 2.05) is 7.05 Å². The Labute approximate surface area is 126 Å². The fourth-order valence-electron chi connectivity index (χ4n) is 2.66. The van der Waals surface area contributed by atoms with E-state index in [4.69, 9.17) is 0 Å². The first kappa shape index (κ1) is 16.4. The van der Waals surface area contributed by atoms with E-state index >= 15 is 0 Å². The molecule has 4 heteroatoms. The highest BCUT2D eigenvalue weighted by Gasteiger charge is 2.31. The number of hydrogen-bond acceptors (Lipinski definition) is 2. The fraction of sp³-hybridized carbons (Fsp3) is 0.647. The Morgan fingerprint density at radius 3 is 2.57 bits per heavy atom. The lowest BCUT2D eigenvalue weighted by Gasteiger charge is -2.28. The quantitative estimate of drug-likeness (QED) is 0.786. The zero-order valence-corrected chi connectivity index (χ0v) is 13.2. The Morgan fingerprint density at radius 1 is 1.29 bits per heavy atom. The van der Waals surface area contributed by atoms with Crippen LogP contribution >= 0.6 is 0 Å². The van der Waals surface area contributed by atoms with Crippen molar-refractivity contribution in [3.8, 4) is 0 Å². The number of nitrogens with one attached hydrogen (secondary N) is 1. The van der Waals surface area contributed by atoms with Gasteiger partial charge in [-0.3, -0.25) is 4.90 Å². The molecule has 1 saturated carbocycles. The second kappa shape index (κ2) is 7.32. The maximum absolute atomic E-state index is 14.0. The molecule has 0 amide bonds. The van der Waals surface area contributed by atoms with Crippen LogP contribution in [0.2, 0.25) is 0 Å². The molecule has 1 atom stereocenters. The van der Waals surface area contributed by atoms with Gasteiger partial charge in [0.15, 0.2) is 11.6 Å². The first-order chi connectivity index (χ1) is 10.0. The molecule has 1 aliphatic rings. The molecule has 0 heterocycles. The largest absolute Gasteiger partial charge is 0.312 e. The van der Waals surface area contributed by atoms with Crippen molar-refractivity contribution < 1.29 is 8.78 Å². The van der Waals surface area contributed by atoms with E-state index in [0.29, 0.717) is 17.5 Å². The van der Waals surface area contributed by atoms with Crippen molar-refractivity contribution in [1.82, 2.24) is 10.2 Å². The van der Waals surface area contributed by atoms with Gasteiger partial charge in [-0.1, -0.05) is 26.0 Å². The summed E-state index contributed by atoms with van der Waals surface area (Å²) in [5.41, 5.74) is 0.424. The summed E-state index contributed by atoms with van der Waals surface area (Å²) in [7, 11) is 1.81. The third-order valence-corrected chi connectivity index (χ3v) is 4.18. The lowest BCUT2D eigenvalue weighted by molar-refractivity contribution is 0.222. The van der Waals surface area contributed by atoms with Crippen molar-refractivity contribution in [3.63, 3.8) is 0 Å². The molecule has 1 aromatic rings. The normalized spacial score (nSPS) is 16.7. The molecule has 0 bridgehead atoms. The minimum Gasteiger partial charge on any atom is -0.312 e. The third-order valence-electron chi connectivity index (χ3n) is 4.18. The van der Waals surface area contributed by atoms with Crippen LogP contribution in [0.5, 0.6) is 0 Å². The summed E-state index contributed by atoms with van der Waals surface area (Å²) in [6.45, 7) is 6.19. The molecular weight excluding hydrogens is 270 g/mol. The van der Waals surface area contributed by atoms with Crippen molar-refractivity contribution in [2.75, 3.05) is 20.1 Å². The van der Waals surface area contributed by atoms with Crippen LogP contribution < -0.4 is 5.32 Å². The standard InChI is InChI=1S/C17H26F2N2/c1-12(2)9-10-21(13-7-8-13)11-16(20-3)14-5-4-6-15(18)17(14)19/h4-6,12-13,16,20H,7-11H2,1-3H3. The molecule has 2 nitrogen and oxygen atoms in total. The van der Waals surface area contributed by atoms with Crippen molar-refractivity contribution in [2.45, 2.75) is 45.2 Å². The Kier molecular flexibility index (Phi) is 5.71. The molecule has 21 heavy (non-hydrogen) atoms. The van der Waals surface area contributed by atoms with Crippen molar-refractivity contribution in [1.29, 1.82) is 0 Å². The highest BCUT2D eigenvalue weighted by atomic mass is 19.2. The second-order valence-corrected chi connectivity index (χ2v) is 6.39. The number of benzene rings is 1. The Bertz CT molecular complexity index is 458. The summed E-state index contributed by atoms with van der Waals surface area (Å²) in [6.07, 6.45) is 3.58. The Morgan fingerprint density at radius 2 is 2.00 bits per heavy atom. The highest BCUT2D eigenvalue weighted by Crippen LogP contribution is 2.30. The molecule has 0 saturated heterocycles. The lowest BCUT2D eigenvalue weighted by Crippen LogP contribution is -2.37. The van der Waals surface area contributed by atoms with Crippen molar-refractivity contribution in [3.05, 3.63) is 35.4 Å². The van der Waals surface area contributed by atoms with Crippen LogP contribution in [-0.2, 0) is 0 Å². The van der Waals surface area contributed by atoms with E-state index in [2.05, 4.69) is 24.1 Å². The van der Waals surface area contributed by atoms with E-state index in [0.717, 1.165) is 19.5 Å². The molecule has 1 aromatic carbocycles. The summed E-state index contributed by atoms with van der Waals surface area (Å²) in [6, 6.07) is 4.87. The molecule has 1 N–H and O–H groups in total. The molecule has 0 aliphatic heterocycles. The summed E-state index contributed by atoms with van der Waals surface area (Å²) >= 11 is 0. The number of likely N-dealkylation sites (N-methyl/N-ethyl adjacent to an activating group) is 1. The highest BCUT2D eigenvalue weighted by molar-refractivity contribution is 5.23. The van der Waals surface area contributed by atoms with Gasteiger partial charge in [0, 0.05) is 24.2 Å². The zero-order chi connectivity index (χ0) is 15.4. The summed E-state index contributed by atoms with van der Waals surface area (Å²) in [5.74, 6) is -0.838. The van der Waals surface area contributed by atoms with Crippen molar-refractivity contribution >= 4 is 0 Å². The first-order valence-electron chi connectivity index (χ1n) is 7.88. The van der Waals surface area contributed by atoms with Gasteiger partial charge in [-0.25, -0.2) is 8.78 Å². The minimum absolute atomic E-state index is 0.173. The first-order valence-corrected chi connectivity index (χ1v) is 7.88. The molecule has 1 fully saturated rings. The number of nitrogens with zero attached hydrogens (tertiary/aromatic N) is 1. The topological polar surface area (TPSA) is 15.3 Å². The van der Waals surface area contributed by atoms with Crippen LogP contribution in [0.25, 0.3) is 0 Å². The fourth-order valence-corrected chi connectivity index (χ4v) is 2.66. The summed E-state index contributed by atoms with van der Waals surface area (Å²) < 4.78 is 27.4. The number of rotatable bonds is 8. The van der Waals surface area contributed by atoms with Gasteiger partial charge in [0.25, 0.3) is 0 Å².